The normalized spacial score (nSPS) is 11.2. The van der Waals surface area contributed by atoms with Gasteiger partial charge in [0, 0.05) is 64.1 Å². The largest absolute Gasteiger partial charge is 0.287 e. The predicted octanol–water partition coefficient (Wildman–Crippen LogP) is 5.67. The second kappa shape index (κ2) is 13.3. The monoisotopic (exact) mass is 500 g/mol. The highest BCUT2D eigenvalue weighted by Crippen LogP contribution is 2.19. The zero-order valence-corrected chi connectivity index (χ0v) is 21.5. The number of nitrogens with zero attached hydrogens (tertiary/aromatic N) is 6. The fourth-order valence-corrected chi connectivity index (χ4v) is 4.57. The summed E-state index contributed by atoms with van der Waals surface area (Å²) in [6.45, 7) is 4.58. The number of pyridine rings is 4. The van der Waals surface area contributed by atoms with E-state index in [1.807, 2.05) is 73.3 Å². The van der Waals surface area contributed by atoms with Crippen molar-refractivity contribution < 1.29 is 0 Å². The molecule has 38 heavy (non-hydrogen) atoms. The lowest BCUT2D eigenvalue weighted by Gasteiger charge is -2.26. The minimum atomic E-state index is 0.747. The fraction of sp³-hybridized carbons (Fsp3) is 0.188. The molecule has 4 aromatic heterocycles. The van der Waals surface area contributed by atoms with Crippen LogP contribution in [0, 0.1) is 0 Å². The third-order valence-corrected chi connectivity index (χ3v) is 6.35. The molecule has 0 spiro atoms. The second-order valence-corrected chi connectivity index (χ2v) is 9.34. The third-order valence-electron chi connectivity index (χ3n) is 6.35. The van der Waals surface area contributed by atoms with E-state index in [0.717, 1.165) is 62.0 Å². The van der Waals surface area contributed by atoms with Crippen LogP contribution >= 0.6 is 0 Å². The lowest BCUT2D eigenvalue weighted by atomic mass is 10.1. The Hall–Kier alpha value is -4.26. The Labute approximate surface area is 224 Å². The number of rotatable bonds is 12. The molecule has 0 N–H and O–H groups in total. The molecule has 4 heterocycles. The Bertz CT molecular complexity index is 1170. The average molecular weight is 501 g/mol. The summed E-state index contributed by atoms with van der Waals surface area (Å²) in [6.07, 6.45) is 7.43. The van der Waals surface area contributed by atoms with Gasteiger partial charge in [0.15, 0.2) is 0 Å². The number of hydrogen-bond donors (Lipinski definition) is 0. The summed E-state index contributed by atoms with van der Waals surface area (Å²) in [7, 11) is 0. The maximum atomic E-state index is 4.58. The number of benzene rings is 1. The maximum absolute atomic E-state index is 4.58. The van der Waals surface area contributed by atoms with Crippen LogP contribution < -0.4 is 0 Å². The number of hydrogen-bond acceptors (Lipinski definition) is 6. The SMILES string of the molecule is c1ccc(CN(Cc2ccccn2)Cc2ccccc2CN(Cc2ccccn2)Cc2ccccn2)nc1. The third kappa shape index (κ3) is 7.62. The van der Waals surface area contributed by atoms with Crippen LogP contribution in [-0.2, 0) is 39.3 Å². The van der Waals surface area contributed by atoms with Crippen LogP contribution in [0.1, 0.15) is 33.9 Å². The summed E-state index contributed by atoms with van der Waals surface area (Å²) in [5.74, 6) is 0. The zero-order chi connectivity index (χ0) is 25.8. The minimum absolute atomic E-state index is 0.747. The van der Waals surface area contributed by atoms with Crippen molar-refractivity contribution in [2.75, 3.05) is 0 Å². The first-order valence-corrected chi connectivity index (χ1v) is 12.9. The Morgan fingerprint density at radius 3 is 0.895 bits per heavy atom. The molecular weight excluding hydrogens is 468 g/mol. The maximum Gasteiger partial charge on any atom is 0.0544 e. The number of aromatic nitrogens is 4. The van der Waals surface area contributed by atoms with E-state index in [-0.39, 0.29) is 0 Å². The van der Waals surface area contributed by atoms with Gasteiger partial charge < -0.3 is 0 Å². The Balaban J connectivity index is 1.38. The summed E-state index contributed by atoms with van der Waals surface area (Å²) < 4.78 is 0. The molecule has 5 aromatic rings. The topological polar surface area (TPSA) is 58.0 Å². The van der Waals surface area contributed by atoms with Crippen molar-refractivity contribution in [2.24, 2.45) is 0 Å². The zero-order valence-electron chi connectivity index (χ0n) is 21.5. The van der Waals surface area contributed by atoms with Crippen molar-refractivity contribution in [1.29, 1.82) is 0 Å². The van der Waals surface area contributed by atoms with Gasteiger partial charge in [0.2, 0.25) is 0 Å². The van der Waals surface area contributed by atoms with Crippen molar-refractivity contribution in [3.63, 3.8) is 0 Å². The summed E-state index contributed by atoms with van der Waals surface area (Å²) in [5, 5.41) is 0. The summed E-state index contributed by atoms with van der Waals surface area (Å²) in [4.78, 5) is 23.1. The highest BCUT2D eigenvalue weighted by Gasteiger charge is 2.15. The van der Waals surface area contributed by atoms with E-state index in [0.29, 0.717) is 0 Å². The quantitative estimate of drug-likeness (QED) is 0.220. The van der Waals surface area contributed by atoms with Crippen molar-refractivity contribution >= 4 is 0 Å². The van der Waals surface area contributed by atoms with Gasteiger partial charge in [-0.15, -0.1) is 0 Å². The van der Waals surface area contributed by atoms with E-state index >= 15 is 0 Å². The smallest absolute Gasteiger partial charge is 0.0544 e. The molecule has 0 aliphatic heterocycles. The predicted molar refractivity (Wildman–Crippen MR) is 149 cm³/mol. The minimum Gasteiger partial charge on any atom is -0.287 e. The summed E-state index contributed by atoms with van der Waals surface area (Å²) >= 11 is 0. The average Bonchev–Trinajstić information content (AvgIpc) is 2.96. The van der Waals surface area contributed by atoms with Crippen molar-refractivity contribution in [1.82, 2.24) is 29.7 Å². The van der Waals surface area contributed by atoms with Gasteiger partial charge in [-0.3, -0.25) is 29.7 Å². The first-order valence-electron chi connectivity index (χ1n) is 12.9. The molecule has 190 valence electrons. The second-order valence-electron chi connectivity index (χ2n) is 9.34. The van der Waals surface area contributed by atoms with E-state index in [4.69, 9.17) is 0 Å². The van der Waals surface area contributed by atoms with Gasteiger partial charge in [-0.25, -0.2) is 0 Å². The molecule has 1 aromatic carbocycles. The molecule has 0 bridgehead atoms. The lowest BCUT2D eigenvalue weighted by Crippen LogP contribution is -2.26. The highest BCUT2D eigenvalue weighted by molar-refractivity contribution is 5.27. The molecule has 5 rings (SSSR count). The van der Waals surface area contributed by atoms with Crippen molar-refractivity contribution in [3.05, 3.63) is 156 Å². The standard InChI is InChI=1S/C32H32N6/c1-2-12-28(22-38(25-31-15-5-9-19-35-31)26-32-16-6-10-20-36-32)27(11-1)21-37(23-29-13-3-7-17-33-29)24-30-14-4-8-18-34-30/h1-20H,21-26H2. The van der Waals surface area contributed by atoms with Crippen LogP contribution in [-0.4, -0.2) is 29.7 Å². The van der Waals surface area contributed by atoms with Gasteiger partial charge in [-0.1, -0.05) is 48.5 Å². The highest BCUT2D eigenvalue weighted by atomic mass is 15.1. The van der Waals surface area contributed by atoms with Gasteiger partial charge >= 0.3 is 0 Å². The molecule has 6 nitrogen and oxygen atoms in total. The Morgan fingerprint density at radius 1 is 0.342 bits per heavy atom. The van der Waals surface area contributed by atoms with Gasteiger partial charge in [-0.05, 0) is 59.7 Å². The van der Waals surface area contributed by atoms with E-state index < -0.39 is 0 Å². The van der Waals surface area contributed by atoms with E-state index in [1.54, 1.807) is 0 Å². The van der Waals surface area contributed by atoms with Crippen molar-refractivity contribution in [3.8, 4) is 0 Å². The molecule has 0 aliphatic carbocycles. The van der Waals surface area contributed by atoms with Gasteiger partial charge in [0.05, 0.1) is 22.8 Å². The van der Waals surface area contributed by atoms with Crippen LogP contribution in [0.4, 0.5) is 0 Å². The van der Waals surface area contributed by atoms with Crippen LogP contribution in [0.25, 0.3) is 0 Å². The molecule has 0 amide bonds. The van der Waals surface area contributed by atoms with Crippen LogP contribution in [0.15, 0.2) is 122 Å². The molecule has 0 aliphatic rings. The van der Waals surface area contributed by atoms with Gasteiger partial charge in [-0.2, -0.15) is 0 Å². The van der Waals surface area contributed by atoms with Gasteiger partial charge in [0.1, 0.15) is 0 Å². The Kier molecular flexibility index (Phi) is 8.91. The summed E-state index contributed by atoms with van der Waals surface area (Å²) in [5.41, 5.74) is 6.79. The van der Waals surface area contributed by atoms with Crippen LogP contribution in [0.3, 0.4) is 0 Å². The van der Waals surface area contributed by atoms with Crippen molar-refractivity contribution in [2.45, 2.75) is 39.3 Å². The molecule has 0 saturated carbocycles. The van der Waals surface area contributed by atoms with E-state index in [2.05, 4.69) is 78.3 Å². The van der Waals surface area contributed by atoms with E-state index in [1.165, 1.54) is 11.1 Å². The molecule has 0 unspecified atom stereocenters. The first-order chi connectivity index (χ1) is 18.8. The molecule has 0 fully saturated rings. The first kappa shape index (κ1) is 25.4. The fourth-order valence-electron chi connectivity index (χ4n) is 4.57. The van der Waals surface area contributed by atoms with E-state index in [9.17, 15) is 0 Å². The molecule has 6 heteroatoms. The molecule has 0 radical (unpaired) electrons. The molecule has 0 atom stereocenters. The summed E-state index contributed by atoms with van der Waals surface area (Å²) in [6, 6.07) is 33.1. The Morgan fingerprint density at radius 2 is 0.632 bits per heavy atom. The van der Waals surface area contributed by atoms with Gasteiger partial charge in [0.25, 0.3) is 0 Å². The van der Waals surface area contributed by atoms with Crippen LogP contribution in [0.2, 0.25) is 0 Å². The molecular formula is C32H32N6. The lowest BCUT2D eigenvalue weighted by molar-refractivity contribution is 0.228. The molecule has 0 saturated heterocycles. The van der Waals surface area contributed by atoms with Crippen LogP contribution in [0.5, 0.6) is 0 Å².